The Morgan fingerprint density at radius 1 is 1.44 bits per heavy atom. The minimum atomic E-state index is -0.761. The van der Waals surface area contributed by atoms with Gasteiger partial charge < -0.3 is 10.7 Å². The second kappa shape index (κ2) is 6.39. The van der Waals surface area contributed by atoms with Crippen LogP contribution in [0.4, 0.5) is 11.6 Å². The van der Waals surface area contributed by atoms with Gasteiger partial charge in [0.2, 0.25) is 0 Å². The van der Waals surface area contributed by atoms with Gasteiger partial charge in [0.15, 0.2) is 0 Å². The van der Waals surface area contributed by atoms with E-state index >= 15 is 0 Å². The van der Waals surface area contributed by atoms with Crippen LogP contribution >= 0.6 is 0 Å². The van der Waals surface area contributed by atoms with Gasteiger partial charge in [-0.25, -0.2) is 15.8 Å². The van der Waals surface area contributed by atoms with Crippen molar-refractivity contribution in [2.24, 2.45) is 5.84 Å². The first-order valence-corrected chi connectivity index (χ1v) is 6.54. The zero-order valence-electron chi connectivity index (χ0n) is 9.49. The Morgan fingerprint density at radius 3 is 2.75 bits per heavy atom. The largest absolute Gasteiger partial charge is 0.369 e. The van der Waals surface area contributed by atoms with Gasteiger partial charge in [0.25, 0.3) is 0 Å². The van der Waals surface area contributed by atoms with Crippen LogP contribution in [0.25, 0.3) is 0 Å². The third-order valence-electron chi connectivity index (χ3n) is 2.16. The highest BCUT2D eigenvalue weighted by Crippen LogP contribution is 2.16. The molecule has 0 aliphatic rings. The van der Waals surface area contributed by atoms with Gasteiger partial charge in [0.05, 0.1) is 0 Å². The minimum Gasteiger partial charge on any atom is -0.369 e. The molecule has 1 atom stereocenters. The fraction of sp³-hybridized carbons (Fsp3) is 0.556. The van der Waals surface area contributed by atoms with Crippen molar-refractivity contribution in [1.82, 2.24) is 9.97 Å². The average Bonchev–Trinajstić information content (AvgIpc) is 2.31. The quantitative estimate of drug-likeness (QED) is 0.490. The van der Waals surface area contributed by atoms with Crippen LogP contribution in [0.1, 0.15) is 12.5 Å². The second-order valence-electron chi connectivity index (χ2n) is 3.20. The third-order valence-corrected chi connectivity index (χ3v) is 3.47. The van der Waals surface area contributed by atoms with Crippen LogP contribution in [0, 0.1) is 6.92 Å². The van der Waals surface area contributed by atoms with Gasteiger partial charge >= 0.3 is 0 Å². The van der Waals surface area contributed by atoms with Crippen LogP contribution in [0.15, 0.2) is 6.33 Å². The van der Waals surface area contributed by atoms with E-state index in [1.54, 1.807) is 0 Å². The molecular formula is C9H17N5OS. The SMILES string of the molecule is CCS(=O)CCNc1ncnc(NN)c1C. The zero-order valence-corrected chi connectivity index (χ0v) is 10.3. The van der Waals surface area contributed by atoms with Crippen LogP contribution in [0.3, 0.4) is 0 Å². The molecule has 0 saturated heterocycles. The van der Waals surface area contributed by atoms with Crippen molar-refractivity contribution >= 4 is 22.4 Å². The molecule has 0 aliphatic heterocycles. The van der Waals surface area contributed by atoms with E-state index in [1.165, 1.54) is 6.33 Å². The number of nitrogens with zero attached hydrogens (tertiary/aromatic N) is 2. The predicted octanol–water partition coefficient (Wildman–Crippen LogP) is 0.251. The van der Waals surface area contributed by atoms with Gasteiger partial charge in [0, 0.05) is 34.4 Å². The molecule has 1 aromatic rings. The number of hydrogen-bond acceptors (Lipinski definition) is 6. The molecule has 0 amide bonds. The van der Waals surface area contributed by atoms with Gasteiger partial charge in [-0.2, -0.15) is 0 Å². The minimum absolute atomic E-state index is 0.592. The van der Waals surface area contributed by atoms with Gasteiger partial charge in [-0.15, -0.1) is 0 Å². The molecule has 1 heterocycles. The molecule has 0 fully saturated rings. The Hall–Kier alpha value is -1.21. The molecule has 1 aromatic heterocycles. The van der Waals surface area contributed by atoms with E-state index in [2.05, 4.69) is 20.7 Å². The maximum Gasteiger partial charge on any atom is 0.148 e. The Morgan fingerprint density at radius 2 is 2.12 bits per heavy atom. The highest BCUT2D eigenvalue weighted by Gasteiger charge is 2.05. The smallest absolute Gasteiger partial charge is 0.148 e. The molecule has 90 valence electrons. The summed E-state index contributed by atoms with van der Waals surface area (Å²) in [5.41, 5.74) is 3.35. The van der Waals surface area contributed by atoms with Crippen molar-refractivity contribution in [3.8, 4) is 0 Å². The number of nitrogen functional groups attached to an aromatic ring is 1. The Balaban J connectivity index is 2.57. The molecule has 0 radical (unpaired) electrons. The topological polar surface area (TPSA) is 92.9 Å². The van der Waals surface area contributed by atoms with Crippen molar-refractivity contribution < 1.29 is 4.21 Å². The second-order valence-corrected chi connectivity index (χ2v) is 5.06. The molecule has 6 nitrogen and oxygen atoms in total. The predicted molar refractivity (Wildman–Crippen MR) is 66.6 cm³/mol. The van der Waals surface area contributed by atoms with Crippen molar-refractivity contribution in [2.75, 3.05) is 28.8 Å². The number of aromatic nitrogens is 2. The summed E-state index contributed by atoms with van der Waals surface area (Å²) < 4.78 is 11.2. The standard InChI is InChI=1S/C9H17N5OS/c1-3-16(15)5-4-11-8-7(2)9(14-10)13-6-12-8/h6H,3-5,10H2,1-2H3,(H2,11,12,13,14). The zero-order chi connectivity index (χ0) is 12.0. The van der Waals surface area contributed by atoms with Crippen molar-refractivity contribution in [3.63, 3.8) is 0 Å². The molecule has 1 rings (SSSR count). The third kappa shape index (κ3) is 3.42. The lowest BCUT2D eigenvalue weighted by atomic mass is 10.3. The summed E-state index contributed by atoms with van der Waals surface area (Å²) in [6, 6.07) is 0. The lowest BCUT2D eigenvalue weighted by Gasteiger charge is -2.10. The lowest BCUT2D eigenvalue weighted by Crippen LogP contribution is -2.16. The molecule has 0 aromatic carbocycles. The van der Waals surface area contributed by atoms with E-state index in [4.69, 9.17) is 5.84 Å². The summed E-state index contributed by atoms with van der Waals surface area (Å²) >= 11 is 0. The maximum absolute atomic E-state index is 11.2. The molecular weight excluding hydrogens is 226 g/mol. The highest BCUT2D eigenvalue weighted by atomic mass is 32.2. The molecule has 0 bridgehead atoms. The molecule has 7 heteroatoms. The normalized spacial score (nSPS) is 12.2. The first-order valence-electron chi connectivity index (χ1n) is 5.06. The fourth-order valence-electron chi connectivity index (χ4n) is 1.20. The molecule has 0 aliphatic carbocycles. The lowest BCUT2D eigenvalue weighted by molar-refractivity contribution is 0.684. The number of hydrazine groups is 1. The van der Waals surface area contributed by atoms with Gasteiger partial charge in [-0.3, -0.25) is 4.21 Å². The number of hydrogen-bond donors (Lipinski definition) is 3. The van der Waals surface area contributed by atoms with Crippen LogP contribution in [0.2, 0.25) is 0 Å². The van der Waals surface area contributed by atoms with Gasteiger partial charge in [-0.05, 0) is 6.92 Å². The number of anilines is 2. The van der Waals surface area contributed by atoms with E-state index in [-0.39, 0.29) is 0 Å². The fourth-order valence-corrected chi connectivity index (χ4v) is 1.82. The van der Waals surface area contributed by atoms with Gasteiger partial charge in [-0.1, -0.05) is 6.92 Å². The Labute approximate surface area is 97.5 Å². The molecule has 0 spiro atoms. The summed E-state index contributed by atoms with van der Waals surface area (Å²) in [5, 5.41) is 3.11. The number of nitrogens with two attached hydrogens (primary N) is 1. The highest BCUT2D eigenvalue weighted by molar-refractivity contribution is 7.84. The molecule has 4 N–H and O–H groups in total. The summed E-state index contributed by atoms with van der Waals surface area (Å²) in [5.74, 6) is 7.91. The van der Waals surface area contributed by atoms with Crippen LogP contribution in [0.5, 0.6) is 0 Å². The summed E-state index contributed by atoms with van der Waals surface area (Å²) in [6.45, 7) is 4.40. The van der Waals surface area contributed by atoms with E-state index in [0.717, 1.165) is 11.4 Å². The maximum atomic E-state index is 11.2. The van der Waals surface area contributed by atoms with Crippen molar-refractivity contribution in [3.05, 3.63) is 11.9 Å². The summed E-state index contributed by atoms with van der Waals surface area (Å²) in [6.07, 6.45) is 1.43. The van der Waals surface area contributed by atoms with E-state index in [0.29, 0.717) is 23.9 Å². The first kappa shape index (κ1) is 12.9. The van der Waals surface area contributed by atoms with Gasteiger partial charge in [0.1, 0.15) is 18.0 Å². The Kier molecular flexibility index (Phi) is 5.13. The average molecular weight is 243 g/mol. The molecule has 16 heavy (non-hydrogen) atoms. The molecule has 1 unspecified atom stereocenters. The van der Waals surface area contributed by atoms with Crippen LogP contribution < -0.4 is 16.6 Å². The monoisotopic (exact) mass is 243 g/mol. The summed E-state index contributed by atoms with van der Waals surface area (Å²) in [7, 11) is -0.761. The van der Waals surface area contributed by atoms with Crippen molar-refractivity contribution in [2.45, 2.75) is 13.8 Å². The van der Waals surface area contributed by atoms with E-state index in [9.17, 15) is 4.21 Å². The first-order chi connectivity index (χ1) is 7.69. The van der Waals surface area contributed by atoms with E-state index < -0.39 is 10.8 Å². The van der Waals surface area contributed by atoms with Crippen LogP contribution in [-0.4, -0.2) is 32.2 Å². The number of nitrogens with one attached hydrogen (secondary N) is 2. The number of rotatable bonds is 6. The Bertz CT molecular complexity index is 371. The van der Waals surface area contributed by atoms with Crippen molar-refractivity contribution in [1.29, 1.82) is 0 Å². The summed E-state index contributed by atoms with van der Waals surface area (Å²) in [4.78, 5) is 8.06. The van der Waals surface area contributed by atoms with E-state index in [1.807, 2.05) is 13.8 Å². The molecule has 0 saturated carbocycles. The van der Waals surface area contributed by atoms with Crippen LogP contribution in [-0.2, 0) is 10.8 Å².